The standard InChI is InChI=1S/C10H21N.C5H8O4/c1-3-11(4-2)10-8-6-5-7-9-10;6-4(7)2-1-3-5(8)9/h10H,3-9H2,1-2H3;1-3H2,(H,6,7)(H,8,9)/p-1. The Morgan fingerprint density at radius 3 is 1.75 bits per heavy atom. The number of quaternary nitrogens is 1. The molecule has 1 saturated carbocycles. The maximum Gasteiger partial charge on any atom is 0.0874 e. The van der Waals surface area contributed by atoms with Gasteiger partial charge in [-0.25, -0.2) is 0 Å². The number of nitrogens with one attached hydrogen (secondary N) is 1. The van der Waals surface area contributed by atoms with Gasteiger partial charge in [0, 0.05) is 11.9 Å². The second-order valence-corrected chi connectivity index (χ2v) is 5.30. The molecule has 5 nitrogen and oxygen atoms in total. The molecule has 0 saturated heterocycles. The lowest BCUT2D eigenvalue weighted by Crippen LogP contribution is -3.15. The number of hydrogen-bond acceptors (Lipinski definition) is 4. The lowest BCUT2D eigenvalue weighted by molar-refractivity contribution is -0.923. The SMILES string of the molecule is CC[NH+](CC)C1CCCCC1.O=C([O-])CCCC(=O)[O-]. The Morgan fingerprint density at radius 2 is 1.40 bits per heavy atom. The van der Waals surface area contributed by atoms with E-state index in [0.717, 1.165) is 6.04 Å². The molecule has 0 atom stereocenters. The molecule has 0 heterocycles. The Balaban J connectivity index is 0.000000370. The van der Waals surface area contributed by atoms with Crippen molar-refractivity contribution in [2.45, 2.75) is 71.3 Å². The van der Waals surface area contributed by atoms with Gasteiger partial charge in [0.2, 0.25) is 0 Å². The van der Waals surface area contributed by atoms with E-state index in [1.54, 1.807) is 0 Å². The molecule has 1 aliphatic carbocycles. The number of hydrogen-bond donors (Lipinski definition) is 1. The third-order valence-electron chi connectivity index (χ3n) is 3.85. The van der Waals surface area contributed by atoms with Crippen LogP contribution in [0.3, 0.4) is 0 Å². The number of aliphatic carboxylic acids is 2. The first-order chi connectivity index (χ1) is 9.51. The highest BCUT2D eigenvalue weighted by molar-refractivity contribution is 5.67. The average molecular weight is 286 g/mol. The van der Waals surface area contributed by atoms with Crippen LogP contribution in [-0.4, -0.2) is 31.1 Å². The monoisotopic (exact) mass is 286 g/mol. The van der Waals surface area contributed by atoms with Crippen molar-refractivity contribution in [3.05, 3.63) is 0 Å². The normalized spacial score (nSPS) is 15.6. The molecule has 0 aliphatic heterocycles. The van der Waals surface area contributed by atoms with Crippen LogP contribution in [-0.2, 0) is 9.59 Å². The quantitative estimate of drug-likeness (QED) is 0.644. The van der Waals surface area contributed by atoms with E-state index in [2.05, 4.69) is 13.8 Å². The van der Waals surface area contributed by atoms with Gasteiger partial charge in [-0.2, -0.15) is 0 Å². The molecule has 0 bridgehead atoms. The second kappa shape index (κ2) is 11.7. The fourth-order valence-electron chi connectivity index (χ4n) is 2.72. The lowest BCUT2D eigenvalue weighted by Gasteiger charge is -2.29. The zero-order chi connectivity index (χ0) is 15.4. The van der Waals surface area contributed by atoms with Crippen molar-refractivity contribution in [2.24, 2.45) is 0 Å². The van der Waals surface area contributed by atoms with Crippen LogP contribution in [0.4, 0.5) is 0 Å². The van der Waals surface area contributed by atoms with Crippen LogP contribution in [0, 0.1) is 0 Å². The minimum Gasteiger partial charge on any atom is -0.550 e. The van der Waals surface area contributed by atoms with Crippen molar-refractivity contribution < 1.29 is 24.7 Å². The molecule has 118 valence electrons. The summed E-state index contributed by atoms with van der Waals surface area (Å²) in [5.41, 5.74) is 0. The molecule has 0 aromatic heterocycles. The first kappa shape index (κ1) is 18.9. The van der Waals surface area contributed by atoms with Gasteiger partial charge in [-0.05, 0) is 58.8 Å². The molecule has 1 fully saturated rings. The summed E-state index contributed by atoms with van der Waals surface area (Å²) in [5, 5.41) is 19.3. The third kappa shape index (κ3) is 9.78. The van der Waals surface area contributed by atoms with Gasteiger partial charge in [0.25, 0.3) is 0 Å². The molecule has 1 N–H and O–H groups in total. The zero-order valence-electron chi connectivity index (χ0n) is 12.8. The summed E-state index contributed by atoms with van der Waals surface area (Å²) in [7, 11) is 0. The summed E-state index contributed by atoms with van der Waals surface area (Å²) in [4.78, 5) is 21.1. The Kier molecular flexibility index (Phi) is 11.1. The smallest absolute Gasteiger partial charge is 0.0874 e. The molecule has 0 amide bonds. The van der Waals surface area contributed by atoms with Crippen LogP contribution in [0.2, 0.25) is 0 Å². The van der Waals surface area contributed by atoms with Gasteiger partial charge in [-0.1, -0.05) is 6.42 Å². The molecular formula is C15H28NO4-. The summed E-state index contributed by atoms with van der Waals surface area (Å²) in [6.45, 7) is 7.27. The average Bonchev–Trinajstić information content (AvgIpc) is 2.41. The molecule has 0 aromatic carbocycles. The van der Waals surface area contributed by atoms with E-state index in [-0.39, 0.29) is 19.3 Å². The van der Waals surface area contributed by atoms with E-state index in [1.165, 1.54) is 45.2 Å². The predicted molar refractivity (Wildman–Crippen MR) is 72.8 cm³/mol. The maximum absolute atomic E-state index is 9.66. The van der Waals surface area contributed by atoms with Gasteiger partial charge in [-0.3, -0.25) is 0 Å². The summed E-state index contributed by atoms with van der Waals surface area (Å²) in [6, 6.07) is 0.999. The molecule has 0 aromatic rings. The van der Waals surface area contributed by atoms with Gasteiger partial charge >= 0.3 is 0 Å². The van der Waals surface area contributed by atoms with Gasteiger partial charge in [0.1, 0.15) is 0 Å². The highest BCUT2D eigenvalue weighted by atomic mass is 16.4. The van der Waals surface area contributed by atoms with Crippen molar-refractivity contribution in [2.75, 3.05) is 13.1 Å². The minimum atomic E-state index is -1.23. The summed E-state index contributed by atoms with van der Waals surface area (Å²) in [6.07, 6.45) is 7.07. The molecule has 0 radical (unpaired) electrons. The number of carboxylic acids is 2. The van der Waals surface area contributed by atoms with Crippen LogP contribution in [0.1, 0.15) is 65.2 Å². The van der Waals surface area contributed by atoms with E-state index < -0.39 is 11.9 Å². The molecular weight excluding hydrogens is 258 g/mol. The van der Waals surface area contributed by atoms with Crippen LogP contribution in [0.25, 0.3) is 0 Å². The van der Waals surface area contributed by atoms with Crippen LogP contribution >= 0.6 is 0 Å². The van der Waals surface area contributed by atoms with Gasteiger partial charge in [0.15, 0.2) is 0 Å². The van der Waals surface area contributed by atoms with Gasteiger partial charge in [0.05, 0.1) is 19.1 Å². The Morgan fingerprint density at radius 1 is 0.950 bits per heavy atom. The Labute approximate surface area is 122 Å². The Bertz CT molecular complexity index is 257. The van der Waals surface area contributed by atoms with E-state index in [9.17, 15) is 19.8 Å². The van der Waals surface area contributed by atoms with E-state index in [0.29, 0.717) is 0 Å². The zero-order valence-corrected chi connectivity index (χ0v) is 12.8. The van der Waals surface area contributed by atoms with Crippen LogP contribution in [0.15, 0.2) is 0 Å². The van der Waals surface area contributed by atoms with Crippen molar-refractivity contribution >= 4 is 11.9 Å². The van der Waals surface area contributed by atoms with Crippen molar-refractivity contribution in [1.82, 2.24) is 0 Å². The number of rotatable bonds is 7. The third-order valence-corrected chi connectivity index (χ3v) is 3.85. The van der Waals surface area contributed by atoms with Crippen molar-refractivity contribution in [1.29, 1.82) is 0 Å². The predicted octanol–water partition coefficient (Wildman–Crippen LogP) is -1.10. The summed E-state index contributed by atoms with van der Waals surface area (Å²) >= 11 is 0. The fourth-order valence-corrected chi connectivity index (χ4v) is 2.72. The highest BCUT2D eigenvalue weighted by Gasteiger charge is 2.21. The van der Waals surface area contributed by atoms with Gasteiger partial charge < -0.3 is 24.7 Å². The summed E-state index contributed by atoms with van der Waals surface area (Å²) < 4.78 is 0. The largest absolute Gasteiger partial charge is 0.550 e. The minimum absolute atomic E-state index is 0.0880. The van der Waals surface area contributed by atoms with Crippen LogP contribution < -0.4 is 15.1 Å². The fraction of sp³-hybridized carbons (Fsp3) is 0.867. The molecule has 0 spiro atoms. The highest BCUT2D eigenvalue weighted by Crippen LogP contribution is 2.15. The lowest BCUT2D eigenvalue weighted by atomic mass is 9.94. The molecule has 20 heavy (non-hydrogen) atoms. The first-order valence-electron chi connectivity index (χ1n) is 7.75. The maximum atomic E-state index is 9.66. The van der Waals surface area contributed by atoms with E-state index in [4.69, 9.17) is 0 Å². The Hall–Kier alpha value is -1.10. The number of carbonyl (C=O) groups is 2. The molecule has 5 heteroatoms. The van der Waals surface area contributed by atoms with Crippen LogP contribution in [0.5, 0.6) is 0 Å². The first-order valence-corrected chi connectivity index (χ1v) is 7.75. The molecule has 1 aliphatic rings. The van der Waals surface area contributed by atoms with E-state index in [1.807, 2.05) is 4.90 Å². The molecule has 0 unspecified atom stereocenters. The number of carboxylic acid groups (broad SMARTS) is 2. The molecule has 1 rings (SSSR count). The topological polar surface area (TPSA) is 84.7 Å². The second-order valence-electron chi connectivity index (χ2n) is 5.30. The van der Waals surface area contributed by atoms with Crippen molar-refractivity contribution in [3.63, 3.8) is 0 Å². The van der Waals surface area contributed by atoms with E-state index >= 15 is 0 Å². The van der Waals surface area contributed by atoms with Crippen molar-refractivity contribution in [3.8, 4) is 0 Å². The number of carbonyl (C=O) groups excluding carboxylic acids is 2. The summed E-state index contributed by atoms with van der Waals surface area (Å²) in [5.74, 6) is -2.45. The van der Waals surface area contributed by atoms with Gasteiger partial charge in [-0.15, -0.1) is 0 Å².